The van der Waals surface area contributed by atoms with Gasteiger partial charge in [-0.05, 0) is 67.0 Å². The number of hydrogen-bond acceptors (Lipinski definition) is 2. The van der Waals surface area contributed by atoms with Gasteiger partial charge in [0.1, 0.15) is 5.72 Å². The molecule has 0 spiro atoms. The van der Waals surface area contributed by atoms with Crippen LogP contribution in [0.15, 0.2) is 36.4 Å². The highest BCUT2D eigenvalue weighted by atomic mass is 127. The van der Waals surface area contributed by atoms with Crippen LogP contribution in [0.2, 0.25) is 0 Å². The van der Waals surface area contributed by atoms with Crippen LogP contribution in [-0.4, -0.2) is 34.5 Å². The van der Waals surface area contributed by atoms with Crippen molar-refractivity contribution in [3.05, 3.63) is 45.6 Å². The van der Waals surface area contributed by atoms with Crippen LogP contribution in [0.3, 0.4) is 0 Å². The second-order valence-electron chi connectivity index (χ2n) is 6.50. The zero-order chi connectivity index (χ0) is 16.0. The van der Waals surface area contributed by atoms with Crippen molar-refractivity contribution in [2.45, 2.75) is 43.9 Å². The number of nitrogens with zero attached hydrogens (tertiary/aromatic N) is 1. The molecule has 1 saturated carbocycles. The Balaban J connectivity index is 1.79. The molecule has 4 nitrogen and oxygen atoms in total. The van der Waals surface area contributed by atoms with Gasteiger partial charge in [-0.15, -0.1) is 0 Å². The minimum absolute atomic E-state index is 0.0846. The molecule has 5 heteroatoms. The topological polar surface area (TPSA) is 49.8 Å². The lowest BCUT2D eigenvalue weighted by Gasteiger charge is -2.30. The molecule has 3 rings (SSSR count). The Morgan fingerprint density at radius 2 is 2.00 bits per heavy atom. The molecule has 1 saturated heterocycles. The molecule has 2 fully saturated rings. The number of benzene rings is 1. The summed E-state index contributed by atoms with van der Waals surface area (Å²) in [6, 6.07) is 8.37. The maximum atomic E-state index is 11.5. The third-order valence-corrected chi connectivity index (χ3v) is 5.29. The second kappa shape index (κ2) is 5.53. The first-order valence-electron chi connectivity index (χ1n) is 7.46. The number of ether oxygens (including phenoxy) is 1. The van der Waals surface area contributed by atoms with E-state index in [1.165, 1.54) is 14.0 Å². The van der Waals surface area contributed by atoms with Gasteiger partial charge in [-0.2, -0.15) is 0 Å². The smallest absolute Gasteiger partial charge is 0.410 e. The van der Waals surface area contributed by atoms with Gasteiger partial charge >= 0.3 is 6.09 Å². The number of allylic oxidation sites excluding steroid dienone is 1. The lowest BCUT2D eigenvalue weighted by molar-refractivity contribution is -0.0409. The molecule has 0 radical (unpaired) electrons. The number of rotatable bonds is 3. The van der Waals surface area contributed by atoms with Crippen LogP contribution in [0.5, 0.6) is 0 Å². The number of halogens is 1. The van der Waals surface area contributed by atoms with E-state index in [1.807, 2.05) is 6.08 Å². The van der Waals surface area contributed by atoms with Crippen LogP contribution in [-0.2, 0) is 10.2 Å². The SMILES string of the molecule is CC1(C)OCC(C=CC2(c3ccc(I)cc3)CC2)N1C(=O)O. The van der Waals surface area contributed by atoms with Gasteiger partial charge in [-0.1, -0.05) is 24.3 Å². The summed E-state index contributed by atoms with van der Waals surface area (Å²) in [6.45, 7) is 4.00. The van der Waals surface area contributed by atoms with E-state index in [0.29, 0.717) is 6.61 Å². The van der Waals surface area contributed by atoms with Crippen molar-refractivity contribution < 1.29 is 14.6 Å². The largest absolute Gasteiger partial charge is 0.465 e. The fourth-order valence-corrected chi connectivity index (χ4v) is 3.47. The number of carbonyl (C=O) groups is 1. The highest BCUT2D eigenvalue weighted by molar-refractivity contribution is 14.1. The van der Waals surface area contributed by atoms with Crippen molar-refractivity contribution in [2.75, 3.05) is 6.61 Å². The molecule has 1 atom stereocenters. The Kier molecular flexibility index (Phi) is 3.97. The van der Waals surface area contributed by atoms with Crippen molar-refractivity contribution in [3.63, 3.8) is 0 Å². The van der Waals surface area contributed by atoms with Crippen LogP contribution < -0.4 is 0 Å². The Bertz CT molecular complexity index is 605. The molecule has 1 heterocycles. The summed E-state index contributed by atoms with van der Waals surface area (Å²) in [5.41, 5.74) is 0.631. The van der Waals surface area contributed by atoms with Crippen LogP contribution in [0.4, 0.5) is 4.79 Å². The normalized spacial score (nSPS) is 25.6. The van der Waals surface area contributed by atoms with E-state index < -0.39 is 11.8 Å². The summed E-state index contributed by atoms with van der Waals surface area (Å²) in [5.74, 6) is 0. The van der Waals surface area contributed by atoms with Gasteiger partial charge in [0.15, 0.2) is 0 Å². The van der Waals surface area contributed by atoms with Crippen molar-refractivity contribution in [2.24, 2.45) is 0 Å². The predicted octanol–water partition coefficient (Wildman–Crippen LogP) is 3.99. The maximum Gasteiger partial charge on any atom is 0.410 e. The van der Waals surface area contributed by atoms with Crippen molar-refractivity contribution in [1.29, 1.82) is 0 Å². The van der Waals surface area contributed by atoms with Crippen LogP contribution in [0.1, 0.15) is 32.3 Å². The standard InChI is InChI=1S/C17H20INO3/c1-16(2)19(15(20)21)14(11-22-16)7-8-17(9-10-17)12-3-5-13(18)6-4-12/h3-8,14H,9-11H2,1-2H3,(H,20,21). The van der Waals surface area contributed by atoms with E-state index in [-0.39, 0.29) is 11.5 Å². The minimum atomic E-state index is -0.934. The van der Waals surface area contributed by atoms with Gasteiger partial charge in [0, 0.05) is 8.99 Å². The second-order valence-corrected chi connectivity index (χ2v) is 7.75. The van der Waals surface area contributed by atoms with Gasteiger partial charge in [-0.3, -0.25) is 4.90 Å². The maximum absolute atomic E-state index is 11.5. The molecular formula is C17H20INO3. The molecule has 1 aliphatic carbocycles. The molecule has 1 unspecified atom stereocenters. The van der Waals surface area contributed by atoms with Gasteiger partial charge < -0.3 is 9.84 Å². The molecule has 1 amide bonds. The average Bonchev–Trinajstić information content (AvgIpc) is 3.16. The Morgan fingerprint density at radius 1 is 1.36 bits per heavy atom. The van der Waals surface area contributed by atoms with E-state index in [0.717, 1.165) is 12.8 Å². The molecule has 22 heavy (non-hydrogen) atoms. The summed E-state index contributed by atoms with van der Waals surface area (Å²) < 4.78 is 6.85. The van der Waals surface area contributed by atoms with Crippen LogP contribution in [0, 0.1) is 3.57 Å². The Morgan fingerprint density at radius 3 is 2.55 bits per heavy atom. The van der Waals surface area contributed by atoms with Crippen molar-refractivity contribution in [1.82, 2.24) is 4.90 Å². The van der Waals surface area contributed by atoms with Gasteiger partial charge in [-0.25, -0.2) is 4.79 Å². The molecule has 2 aliphatic rings. The number of amides is 1. The first-order chi connectivity index (χ1) is 10.3. The molecule has 1 aromatic rings. The fourth-order valence-electron chi connectivity index (χ4n) is 3.11. The number of hydrogen-bond donors (Lipinski definition) is 1. The van der Waals surface area contributed by atoms with Crippen molar-refractivity contribution in [3.8, 4) is 0 Å². The zero-order valence-corrected chi connectivity index (χ0v) is 14.9. The molecule has 1 aliphatic heterocycles. The fraction of sp³-hybridized carbons (Fsp3) is 0.471. The minimum Gasteiger partial charge on any atom is -0.465 e. The lowest BCUT2D eigenvalue weighted by atomic mass is 9.95. The van der Waals surface area contributed by atoms with E-state index in [1.54, 1.807) is 13.8 Å². The molecule has 1 aromatic carbocycles. The summed E-state index contributed by atoms with van der Waals surface area (Å²) in [7, 11) is 0. The molecule has 0 aromatic heterocycles. The highest BCUT2D eigenvalue weighted by Gasteiger charge is 2.45. The summed E-state index contributed by atoms with van der Waals surface area (Å²) >= 11 is 2.30. The Hall–Kier alpha value is -1.08. The Labute approximate surface area is 144 Å². The number of carboxylic acid groups (broad SMARTS) is 1. The monoisotopic (exact) mass is 413 g/mol. The van der Waals surface area contributed by atoms with Gasteiger partial charge in [0.05, 0.1) is 12.6 Å². The van der Waals surface area contributed by atoms with E-state index >= 15 is 0 Å². The third-order valence-electron chi connectivity index (χ3n) is 4.57. The van der Waals surface area contributed by atoms with Gasteiger partial charge in [0.25, 0.3) is 0 Å². The highest BCUT2D eigenvalue weighted by Crippen LogP contribution is 2.49. The quantitative estimate of drug-likeness (QED) is 0.602. The van der Waals surface area contributed by atoms with Crippen LogP contribution >= 0.6 is 22.6 Å². The summed E-state index contributed by atoms with van der Waals surface area (Å²) in [5, 5.41) is 9.42. The average molecular weight is 413 g/mol. The van der Waals surface area contributed by atoms with Gasteiger partial charge in [0.2, 0.25) is 0 Å². The van der Waals surface area contributed by atoms with E-state index in [9.17, 15) is 9.90 Å². The predicted molar refractivity (Wildman–Crippen MR) is 92.9 cm³/mol. The first kappa shape index (κ1) is 15.8. The molecule has 118 valence electrons. The van der Waals surface area contributed by atoms with E-state index in [4.69, 9.17) is 4.74 Å². The molecular weight excluding hydrogens is 393 g/mol. The van der Waals surface area contributed by atoms with E-state index in [2.05, 4.69) is 52.9 Å². The third kappa shape index (κ3) is 2.88. The lowest BCUT2D eigenvalue weighted by Crippen LogP contribution is -2.46. The van der Waals surface area contributed by atoms with Crippen molar-refractivity contribution >= 4 is 28.7 Å². The summed E-state index contributed by atoms with van der Waals surface area (Å²) in [6.07, 6.45) is 5.49. The summed E-state index contributed by atoms with van der Waals surface area (Å²) in [4.78, 5) is 12.9. The first-order valence-corrected chi connectivity index (χ1v) is 8.54. The molecule has 0 bridgehead atoms. The molecule has 1 N–H and O–H groups in total. The van der Waals surface area contributed by atoms with Crippen LogP contribution in [0.25, 0.3) is 0 Å². The zero-order valence-electron chi connectivity index (χ0n) is 12.8.